The average Bonchev–Trinajstić information content (AvgIpc) is 2.16. The number of azide groups is 1. The number of rotatable bonds is 3. The van der Waals surface area contributed by atoms with Gasteiger partial charge in [-0.1, -0.05) is 23.3 Å². The molecule has 68 valence electrons. The van der Waals surface area contributed by atoms with E-state index in [1.165, 1.54) is 6.08 Å². The number of nitrogens with zero attached hydrogens (tertiary/aromatic N) is 4. The Labute approximate surface area is 74.3 Å². The van der Waals surface area contributed by atoms with E-state index >= 15 is 0 Å². The molecular formula is C7H8N4O2. The molecule has 0 saturated heterocycles. The Bertz CT molecular complexity index is 316. The minimum atomic E-state index is -1.24. The largest absolute Gasteiger partial charge is 0.264 e. The number of hydrogen-bond donors (Lipinski definition) is 0. The molecule has 0 amide bonds. The predicted octanol–water partition coefficient (Wildman–Crippen LogP) is 1.83. The van der Waals surface area contributed by atoms with Crippen molar-refractivity contribution >= 4 is 0 Å². The Morgan fingerprint density at radius 3 is 2.92 bits per heavy atom. The van der Waals surface area contributed by atoms with E-state index in [9.17, 15) is 10.1 Å². The zero-order chi connectivity index (χ0) is 9.73. The second-order valence-electron chi connectivity index (χ2n) is 2.74. The molecule has 0 aromatic rings. The first-order valence-corrected chi connectivity index (χ1v) is 3.71. The summed E-state index contributed by atoms with van der Waals surface area (Å²) >= 11 is 0. The molecule has 0 bridgehead atoms. The van der Waals surface area contributed by atoms with Crippen molar-refractivity contribution in [1.29, 1.82) is 0 Å². The third kappa shape index (κ3) is 1.86. The van der Waals surface area contributed by atoms with Gasteiger partial charge in [0.15, 0.2) is 0 Å². The second-order valence-corrected chi connectivity index (χ2v) is 2.74. The van der Waals surface area contributed by atoms with Gasteiger partial charge in [-0.15, -0.1) is 0 Å². The summed E-state index contributed by atoms with van der Waals surface area (Å²) in [5, 5.41) is 14.0. The van der Waals surface area contributed by atoms with Crippen molar-refractivity contribution < 1.29 is 4.92 Å². The molecule has 0 radical (unpaired) electrons. The molecule has 0 saturated carbocycles. The van der Waals surface area contributed by atoms with Crippen LogP contribution in [0.15, 0.2) is 29.4 Å². The lowest BCUT2D eigenvalue weighted by molar-refractivity contribution is -0.551. The van der Waals surface area contributed by atoms with Crippen LogP contribution in [0.5, 0.6) is 0 Å². The highest BCUT2D eigenvalue weighted by atomic mass is 16.6. The Hall–Kier alpha value is -1.81. The quantitative estimate of drug-likeness (QED) is 0.218. The molecule has 1 rings (SSSR count). The van der Waals surface area contributed by atoms with Gasteiger partial charge in [-0.25, -0.2) is 0 Å². The van der Waals surface area contributed by atoms with Crippen molar-refractivity contribution in [3.8, 4) is 0 Å². The van der Waals surface area contributed by atoms with Crippen molar-refractivity contribution in [3.63, 3.8) is 0 Å². The highest BCUT2D eigenvalue weighted by molar-refractivity contribution is 5.18. The first-order valence-electron chi connectivity index (χ1n) is 3.71. The summed E-state index contributed by atoms with van der Waals surface area (Å²) in [5.41, 5.74) is 6.85. The highest BCUT2D eigenvalue weighted by Gasteiger charge is 2.38. The fraction of sp³-hybridized carbons (Fsp3) is 0.429. The van der Waals surface area contributed by atoms with Gasteiger partial charge in [0.1, 0.15) is 6.54 Å². The summed E-state index contributed by atoms with van der Waals surface area (Å²) in [5.74, 6) is 0. The first kappa shape index (κ1) is 9.28. The Morgan fingerprint density at radius 1 is 1.69 bits per heavy atom. The Kier molecular flexibility index (Phi) is 2.66. The van der Waals surface area contributed by atoms with Crippen molar-refractivity contribution in [1.82, 2.24) is 0 Å². The van der Waals surface area contributed by atoms with Gasteiger partial charge in [-0.3, -0.25) is 10.1 Å². The smallest absolute Gasteiger partial charge is 0.249 e. The molecular weight excluding hydrogens is 172 g/mol. The van der Waals surface area contributed by atoms with E-state index in [2.05, 4.69) is 10.0 Å². The van der Waals surface area contributed by atoms with E-state index < -0.39 is 10.5 Å². The number of allylic oxidation sites excluding steroid dienone is 2. The van der Waals surface area contributed by atoms with Crippen LogP contribution in [0.3, 0.4) is 0 Å². The minimum Gasteiger partial charge on any atom is -0.264 e. The predicted molar refractivity (Wildman–Crippen MR) is 46.6 cm³/mol. The Balaban J connectivity index is 2.88. The zero-order valence-corrected chi connectivity index (χ0v) is 6.83. The van der Waals surface area contributed by atoms with Gasteiger partial charge in [0.05, 0.1) is 0 Å². The third-order valence-electron chi connectivity index (χ3n) is 1.90. The summed E-state index contributed by atoms with van der Waals surface area (Å²) in [4.78, 5) is 12.8. The maximum atomic E-state index is 10.7. The lowest BCUT2D eigenvalue weighted by Crippen LogP contribution is -2.39. The summed E-state index contributed by atoms with van der Waals surface area (Å²) in [7, 11) is 0. The molecule has 0 aliphatic heterocycles. The van der Waals surface area contributed by atoms with Crippen LogP contribution in [0.1, 0.15) is 6.42 Å². The normalized spacial score (nSPS) is 25.2. The topological polar surface area (TPSA) is 91.9 Å². The van der Waals surface area contributed by atoms with Gasteiger partial charge < -0.3 is 0 Å². The summed E-state index contributed by atoms with van der Waals surface area (Å²) in [6.45, 7) is -0.142. The third-order valence-corrected chi connectivity index (χ3v) is 1.90. The van der Waals surface area contributed by atoms with Crippen LogP contribution in [-0.4, -0.2) is 17.0 Å². The van der Waals surface area contributed by atoms with Crippen LogP contribution < -0.4 is 0 Å². The summed E-state index contributed by atoms with van der Waals surface area (Å²) in [6, 6.07) is 0. The zero-order valence-electron chi connectivity index (χ0n) is 6.83. The van der Waals surface area contributed by atoms with Gasteiger partial charge in [-0.05, 0) is 11.6 Å². The summed E-state index contributed by atoms with van der Waals surface area (Å²) in [6.07, 6.45) is 6.75. The van der Waals surface area contributed by atoms with Crippen molar-refractivity contribution in [2.45, 2.75) is 12.0 Å². The second kappa shape index (κ2) is 3.73. The molecule has 1 aliphatic carbocycles. The van der Waals surface area contributed by atoms with Crippen LogP contribution in [-0.2, 0) is 0 Å². The number of hydrogen-bond acceptors (Lipinski definition) is 3. The minimum absolute atomic E-state index is 0.142. The first-order chi connectivity index (χ1) is 6.21. The van der Waals surface area contributed by atoms with Crippen molar-refractivity contribution in [3.05, 3.63) is 44.9 Å². The average molecular weight is 180 g/mol. The van der Waals surface area contributed by atoms with Crippen molar-refractivity contribution in [2.75, 3.05) is 6.54 Å². The van der Waals surface area contributed by atoms with Crippen LogP contribution in [0.25, 0.3) is 10.4 Å². The fourth-order valence-corrected chi connectivity index (χ4v) is 1.12. The van der Waals surface area contributed by atoms with E-state index in [-0.39, 0.29) is 13.0 Å². The van der Waals surface area contributed by atoms with Crippen LogP contribution >= 0.6 is 0 Å². The Morgan fingerprint density at radius 2 is 2.46 bits per heavy atom. The molecule has 1 aliphatic rings. The molecule has 6 nitrogen and oxygen atoms in total. The molecule has 0 fully saturated rings. The molecule has 6 heteroatoms. The van der Waals surface area contributed by atoms with Crippen molar-refractivity contribution in [2.24, 2.45) is 5.11 Å². The standard InChI is InChI=1S/C7H8N4O2/c8-10-9-6-7(11(12)13)4-2-1-3-5-7/h1-4H,5-6H2. The van der Waals surface area contributed by atoms with Gasteiger partial charge in [0.2, 0.25) is 5.54 Å². The van der Waals surface area contributed by atoms with Crippen LogP contribution in [0.2, 0.25) is 0 Å². The van der Waals surface area contributed by atoms with Gasteiger partial charge in [0.25, 0.3) is 0 Å². The maximum Gasteiger partial charge on any atom is 0.249 e. The van der Waals surface area contributed by atoms with Crippen LogP contribution in [0.4, 0.5) is 0 Å². The fourth-order valence-electron chi connectivity index (χ4n) is 1.12. The van der Waals surface area contributed by atoms with Crippen LogP contribution in [0, 0.1) is 10.1 Å². The van der Waals surface area contributed by atoms with E-state index in [1.54, 1.807) is 18.2 Å². The molecule has 0 aromatic carbocycles. The molecule has 1 unspecified atom stereocenters. The van der Waals surface area contributed by atoms with E-state index in [0.29, 0.717) is 0 Å². The molecule has 0 N–H and O–H groups in total. The highest BCUT2D eigenvalue weighted by Crippen LogP contribution is 2.21. The molecule has 0 spiro atoms. The molecule has 0 aromatic heterocycles. The van der Waals surface area contributed by atoms with Gasteiger partial charge in [-0.2, -0.15) is 0 Å². The SMILES string of the molecule is [N-]=[N+]=NCC1([N+](=O)[O-])C=CC=CC1. The molecule has 1 atom stereocenters. The monoisotopic (exact) mass is 180 g/mol. The lowest BCUT2D eigenvalue weighted by atomic mass is 9.92. The van der Waals surface area contributed by atoms with E-state index in [1.807, 2.05) is 0 Å². The number of nitro groups is 1. The van der Waals surface area contributed by atoms with Gasteiger partial charge >= 0.3 is 0 Å². The van der Waals surface area contributed by atoms with E-state index in [0.717, 1.165) is 0 Å². The maximum absolute atomic E-state index is 10.7. The van der Waals surface area contributed by atoms with E-state index in [4.69, 9.17) is 5.53 Å². The lowest BCUT2D eigenvalue weighted by Gasteiger charge is -2.19. The summed E-state index contributed by atoms with van der Waals surface area (Å²) < 4.78 is 0. The van der Waals surface area contributed by atoms with Gasteiger partial charge in [0, 0.05) is 16.3 Å². The molecule has 13 heavy (non-hydrogen) atoms. The molecule has 0 heterocycles.